The summed E-state index contributed by atoms with van der Waals surface area (Å²) in [6, 6.07) is 11.4. The van der Waals surface area contributed by atoms with Gasteiger partial charge in [-0.15, -0.1) is 10.2 Å². The fraction of sp³-hybridized carbons (Fsp3) is 0.0526. The van der Waals surface area contributed by atoms with Crippen LogP contribution in [0, 0.1) is 0 Å². The van der Waals surface area contributed by atoms with Gasteiger partial charge in [0.1, 0.15) is 5.75 Å². The molecule has 10 nitrogen and oxygen atoms in total. The van der Waals surface area contributed by atoms with Crippen molar-refractivity contribution in [2.24, 2.45) is 0 Å². The van der Waals surface area contributed by atoms with E-state index in [1.807, 2.05) is 30.3 Å². The molecular formula is C19H13N7O3. The van der Waals surface area contributed by atoms with Crippen molar-refractivity contribution in [3.63, 3.8) is 0 Å². The Morgan fingerprint density at radius 3 is 2.90 bits per heavy atom. The molecule has 0 atom stereocenters. The van der Waals surface area contributed by atoms with Crippen LogP contribution in [0.4, 0.5) is 0 Å². The number of nitrogens with one attached hydrogen (secondary N) is 1. The standard InChI is InChI=1S/C19H13N7O3/c27-16(28)10-29-15-6-5-11-3-1-2-4-13(11)17(15)12-7-20-19-14(8-21-26(19)9-12)18-22-24-25-23-18/h1-9H,10H2,(H,27,28)(H,22,23,24,25). The third kappa shape index (κ3) is 2.92. The van der Waals surface area contributed by atoms with Crippen LogP contribution < -0.4 is 4.74 Å². The van der Waals surface area contributed by atoms with E-state index in [9.17, 15) is 4.79 Å². The minimum absolute atomic E-state index is 0.399. The SMILES string of the molecule is O=C(O)COc1ccc2ccccc2c1-c1cnc2c(-c3nn[nH]n3)cnn2c1. The van der Waals surface area contributed by atoms with Crippen molar-refractivity contribution in [2.75, 3.05) is 6.61 Å². The molecule has 0 aliphatic rings. The quantitative estimate of drug-likeness (QED) is 0.469. The molecule has 0 saturated carbocycles. The second-order valence-corrected chi connectivity index (χ2v) is 6.25. The molecule has 10 heteroatoms. The van der Waals surface area contributed by atoms with Crippen molar-refractivity contribution in [1.82, 2.24) is 35.2 Å². The first kappa shape index (κ1) is 16.8. The number of carboxylic acid groups (broad SMARTS) is 1. The summed E-state index contributed by atoms with van der Waals surface area (Å²) in [6.07, 6.45) is 5.11. The molecule has 142 valence electrons. The van der Waals surface area contributed by atoms with Crippen LogP contribution in [-0.4, -0.2) is 52.9 Å². The van der Waals surface area contributed by atoms with Crippen molar-refractivity contribution in [3.05, 3.63) is 55.0 Å². The molecule has 0 bridgehead atoms. The highest BCUT2D eigenvalue weighted by atomic mass is 16.5. The van der Waals surface area contributed by atoms with Gasteiger partial charge in [-0.2, -0.15) is 10.3 Å². The Kier molecular flexibility index (Phi) is 3.87. The first-order valence-electron chi connectivity index (χ1n) is 8.64. The zero-order valence-electron chi connectivity index (χ0n) is 14.9. The van der Waals surface area contributed by atoms with Gasteiger partial charge in [-0.25, -0.2) is 14.3 Å². The Bertz CT molecular complexity index is 1340. The van der Waals surface area contributed by atoms with Crippen molar-refractivity contribution in [2.45, 2.75) is 0 Å². The fourth-order valence-corrected chi connectivity index (χ4v) is 3.25. The van der Waals surface area contributed by atoms with Crippen LogP contribution in [0.15, 0.2) is 55.0 Å². The van der Waals surface area contributed by atoms with Crippen molar-refractivity contribution < 1.29 is 14.6 Å². The predicted molar refractivity (Wildman–Crippen MR) is 102 cm³/mol. The molecule has 3 aromatic heterocycles. The van der Waals surface area contributed by atoms with Crippen molar-refractivity contribution in [1.29, 1.82) is 0 Å². The molecule has 3 heterocycles. The maximum Gasteiger partial charge on any atom is 0.341 e. The number of aromatic nitrogens is 7. The first-order valence-corrected chi connectivity index (χ1v) is 8.64. The molecule has 0 fully saturated rings. The van der Waals surface area contributed by atoms with Gasteiger partial charge in [0.2, 0.25) is 5.82 Å². The van der Waals surface area contributed by atoms with Crippen LogP contribution in [0.25, 0.3) is 38.9 Å². The van der Waals surface area contributed by atoms with Gasteiger partial charge >= 0.3 is 5.97 Å². The van der Waals surface area contributed by atoms with Crippen LogP contribution in [-0.2, 0) is 4.79 Å². The number of carboxylic acids is 1. The smallest absolute Gasteiger partial charge is 0.341 e. The Labute approximate surface area is 162 Å². The molecule has 2 aromatic carbocycles. The average molecular weight is 387 g/mol. The second-order valence-electron chi connectivity index (χ2n) is 6.25. The van der Waals surface area contributed by atoms with E-state index in [4.69, 9.17) is 9.84 Å². The van der Waals surface area contributed by atoms with Crippen LogP contribution >= 0.6 is 0 Å². The first-order chi connectivity index (χ1) is 14.2. The summed E-state index contributed by atoms with van der Waals surface area (Å²) in [6.45, 7) is -0.440. The average Bonchev–Trinajstić information content (AvgIpc) is 3.40. The minimum atomic E-state index is -1.05. The number of H-pyrrole nitrogens is 1. The Morgan fingerprint density at radius 2 is 2.07 bits per heavy atom. The highest BCUT2D eigenvalue weighted by molar-refractivity contribution is 5.99. The van der Waals surface area contributed by atoms with Gasteiger partial charge in [-0.3, -0.25) is 0 Å². The highest BCUT2D eigenvalue weighted by Gasteiger charge is 2.16. The van der Waals surface area contributed by atoms with Gasteiger partial charge in [0.25, 0.3) is 0 Å². The van der Waals surface area contributed by atoms with Gasteiger partial charge in [-0.05, 0) is 22.1 Å². The lowest BCUT2D eigenvalue weighted by Gasteiger charge is -2.13. The molecule has 0 unspecified atom stereocenters. The van der Waals surface area contributed by atoms with E-state index in [1.165, 1.54) is 0 Å². The lowest BCUT2D eigenvalue weighted by atomic mass is 9.99. The summed E-state index contributed by atoms with van der Waals surface area (Å²) in [5, 5.41) is 29.2. The maximum absolute atomic E-state index is 11.0. The number of nitrogens with zero attached hydrogens (tertiary/aromatic N) is 6. The molecule has 0 spiro atoms. The van der Waals surface area contributed by atoms with Gasteiger partial charge in [0, 0.05) is 23.5 Å². The second kappa shape index (κ2) is 6.68. The van der Waals surface area contributed by atoms with E-state index >= 15 is 0 Å². The molecule has 0 saturated heterocycles. The number of tetrazole rings is 1. The third-order valence-corrected chi connectivity index (χ3v) is 4.47. The molecular weight excluding hydrogens is 374 g/mol. The highest BCUT2D eigenvalue weighted by Crippen LogP contribution is 2.37. The van der Waals surface area contributed by atoms with Crippen LogP contribution in [0.3, 0.4) is 0 Å². The van der Waals surface area contributed by atoms with E-state index in [0.29, 0.717) is 22.8 Å². The van der Waals surface area contributed by atoms with Gasteiger partial charge in [-0.1, -0.05) is 30.3 Å². The predicted octanol–water partition coefficient (Wildman–Crippen LogP) is 2.19. The van der Waals surface area contributed by atoms with E-state index in [1.54, 1.807) is 29.2 Å². The Hall–Kier alpha value is -4.34. The lowest BCUT2D eigenvalue weighted by Crippen LogP contribution is -2.10. The number of hydrogen-bond donors (Lipinski definition) is 2. The summed E-state index contributed by atoms with van der Waals surface area (Å²) in [4.78, 5) is 15.5. The maximum atomic E-state index is 11.0. The fourth-order valence-electron chi connectivity index (χ4n) is 3.25. The monoisotopic (exact) mass is 387 g/mol. The zero-order valence-corrected chi connectivity index (χ0v) is 14.9. The van der Waals surface area contributed by atoms with E-state index in [2.05, 4.69) is 30.7 Å². The number of fused-ring (bicyclic) bond motifs is 2. The van der Waals surface area contributed by atoms with E-state index < -0.39 is 12.6 Å². The number of carbonyl (C=O) groups is 1. The molecule has 2 N–H and O–H groups in total. The summed E-state index contributed by atoms with van der Waals surface area (Å²) in [7, 11) is 0. The Balaban J connectivity index is 1.69. The van der Waals surface area contributed by atoms with E-state index in [-0.39, 0.29) is 0 Å². The molecule has 0 aliphatic carbocycles. The number of aliphatic carboxylic acids is 1. The molecule has 5 aromatic rings. The molecule has 0 aliphatic heterocycles. The number of hydrogen-bond acceptors (Lipinski definition) is 7. The van der Waals surface area contributed by atoms with Crippen LogP contribution in [0.5, 0.6) is 5.75 Å². The van der Waals surface area contributed by atoms with Crippen molar-refractivity contribution >= 4 is 22.4 Å². The van der Waals surface area contributed by atoms with Gasteiger partial charge in [0.05, 0.1) is 11.8 Å². The number of rotatable bonds is 5. The molecule has 29 heavy (non-hydrogen) atoms. The topological polar surface area (TPSA) is 131 Å². The molecule has 0 radical (unpaired) electrons. The summed E-state index contributed by atoms with van der Waals surface area (Å²) in [5.41, 5.74) is 2.70. The summed E-state index contributed by atoms with van der Waals surface area (Å²) in [5.74, 6) is -0.191. The summed E-state index contributed by atoms with van der Waals surface area (Å²) >= 11 is 0. The molecule has 0 amide bonds. The largest absolute Gasteiger partial charge is 0.481 e. The van der Waals surface area contributed by atoms with Gasteiger partial charge < -0.3 is 9.84 Å². The van der Waals surface area contributed by atoms with E-state index in [0.717, 1.165) is 21.9 Å². The van der Waals surface area contributed by atoms with Crippen LogP contribution in [0.1, 0.15) is 0 Å². The van der Waals surface area contributed by atoms with Gasteiger partial charge in [0.15, 0.2) is 12.3 Å². The minimum Gasteiger partial charge on any atom is -0.481 e. The van der Waals surface area contributed by atoms with Crippen molar-refractivity contribution in [3.8, 4) is 28.3 Å². The lowest BCUT2D eigenvalue weighted by molar-refractivity contribution is -0.139. The Morgan fingerprint density at radius 1 is 1.17 bits per heavy atom. The zero-order chi connectivity index (χ0) is 19.8. The molecule has 5 rings (SSSR count). The summed E-state index contributed by atoms with van der Waals surface area (Å²) < 4.78 is 7.16. The normalized spacial score (nSPS) is 11.2. The number of ether oxygens (including phenoxy) is 1. The number of benzene rings is 2. The third-order valence-electron chi connectivity index (χ3n) is 4.47. The van der Waals surface area contributed by atoms with Crippen LogP contribution in [0.2, 0.25) is 0 Å². The number of aromatic amines is 1.